The fraction of sp³-hybridized carbons (Fsp3) is 0.600. The maximum atomic E-state index is 13.9. The Morgan fingerprint density at radius 3 is 2.50 bits per heavy atom. The maximum Gasteiger partial charge on any atom is 0.246 e. The molecule has 124 valence electrons. The van der Waals surface area contributed by atoms with Crippen molar-refractivity contribution in [1.29, 1.82) is 0 Å². The van der Waals surface area contributed by atoms with Gasteiger partial charge in [-0.1, -0.05) is 25.3 Å². The second-order valence-electron chi connectivity index (χ2n) is 5.77. The van der Waals surface area contributed by atoms with Crippen molar-refractivity contribution in [2.45, 2.75) is 56.1 Å². The molecule has 1 aliphatic carbocycles. The van der Waals surface area contributed by atoms with Crippen molar-refractivity contribution in [3.05, 3.63) is 29.8 Å². The predicted molar refractivity (Wildman–Crippen MR) is 78.8 cm³/mol. The lowest BCUT2D eigenvalue weighted by Gasteiger charge is -2.34. The quantitative estimate of drug-likeness (QED) is 0.901. The second-order valence-corrected chi connectivity index (χ2v) is 7.63. The Kier molecular flexibility index (Phi) is 5.52. The third-order valence-electron chi connectivity index (χ3n) is 3.93. The molecule has 1 aliphatic rings. The number of aliphatic hydroxyl groups is 1. The molecule has 0 aromatic heterocycles. The first kappa shape index (κ1) is 17.3. The van der Waals surface area contributed by atoms with Gasteiger partial charge in [0, 0.05) is 12.6 Å². The summed E-state index contributed by atoms with van der Waals surface area (Å²) < 4.78 is 53.9. The zero-order valence-corrected chi connectivity index (χ0v) is 13.3. The first-order valence-corrected chi connectivity index (χ1v) is 8.92. The Morgan fingerprint density at radius 2 is 1.91 bits per heavy atom. The lowest BCUT2D eigenvalue weighted by atomic mass is 9.95. The molecule has 0 aliphatic heterocycles. The number of hydrogen-bond acceptors (Lipinski definition) is 3. The van der Waals surface area contributed by atoms with Crippen LogP contribution in [0, 0.1) is 11.6 Å². The number of benzene rings is 1. The summed E-state index contributed by atoms with van der Waals surface area (Å²) >= 11 is 0. The summed E-state index contributed by atoms with van der Waals surface area (Å²) in [6.07, 6.45) is 3.27. The summed E-state index contributed by atoms with van der Waals surface area (Å²) in [6.45, 7) is 1.36. The van der Waals surface area contributed by atoms with Crippen LogP contribution >= 0.6 is 0 Å². The maximum absolute atomic E-state index is 13.9. The zero-order chi connectivity index (χ0) is 16.3. The van der Waals surface area contributed by atoms with E-state index in [2.05, 4.69) is 0 Å². The van der Waals surface area contributed by atoms with Gasteiger partial charge in [0.05, 0.1) is 6.10 Å². The minimum absolute atomic E-state index is 0.122. The molecular weight excluding hydrogens is 312 g/mol. The molecule has 0 amide bonds. The number of rotatable bonds is 5. The lowest BCUT2D eigenvalue weighted by Crippen LogP contribution is -2.45. The van der Waals surface area contributed by atoms with Gasteiger partial charge in [-0.2, -0.15) is 4.31 Å². The van der Waals surface area contributed by atoms with E-state index in [-0.39, 0.29) is 12.6 Å². The second kappa shape index (κ2) is 7.02. The van der Waals surface area contributed by atoms with Crippen LogP contribution in [-0.4, -0.2) is 36.5 Å². The molecule has 0 saturated heterocycles. The number of nitrogens with zero attached hydrogens (tertiary/aromatic N) is 1. The molecule has 1 aromatic carbocycles. The largest absolute Gasteiger partial charge is 0.392 e. The van der Waals surface area contributed by atoms with Crippen LogP contribution in [0.2, 0.25) is 0 Å². The Labute approximate surface area is 129 Å². The van der Waals surface area contributed by atoms with E-state index in [4.69, 9.17) is 0 Å². The molecule has 1 aromatic rings. The molecule has 1 atom stereocenters. The van der Waals surface area contributed by atoms with E-state index in [1.807, 2.05) is 0 Å². The molecule has 0 bridgehead atoms. The molecule has 0 radical (unpaired) electrons. The van der Waals surface area contributed by atoms with Crippen molar-refractivity contribution in [3.63, 3.8) is 0 Å². The normalized spacial score (nSPS) is 18.6. The Balaban J connectivity index is 2.41. The highest BCUT2D eigenvalue weighted by atomic mass is 32.2. The van der Waals surface area contributed by atoms with Crippen LogP contribution < -0.4 is 0 Å². The Bertz CT molecular complexity index is 613. The Hall–Kier alpha value is -1.05. The number of aliphatic hydroxyl groups excluding tert-OH is 1. The molecule has 1 saturated carbocycles. The van der Waals surface area contributed by atoms with Crippen LogP contribution in [0.15, 0.2) is 23.1 Å². The molecule has 0 heterocycles. The highest BCUT2D eigenvalue weighted by molar-refractivity contribution is 7.89. The van der Waals surface area contributed by atoms with Crippen molar-refractivity contribution in [2.24, 2.45) is 0 Å². The van der Waals surface area contributed by atoms with E-state index in [9.17, 15) is 22.3 Å². The first-order valence-electron chi connectivity index (χ1n) is 7.48. The van der Waals surface area contributed by atoms with Gasteiger partial charge in [-0.3, -0.25) is 0 Å². The Morgan fingerprint density at radius 1 is 1.27 bits per heavy atom. The van der Waals surface area contributed by atoms with Crippen molar-refractivity contribution in [1.82, 2.24) is 4.31 Å². The van der Waals surface area contributed by atoms with Crippen LogP contribution in [-0.2, 0) is 10.0 Å². The molecule has 1 fully saturated rings. The van der Waals surface area contributed by atoms with Crippen LogP contribution in [0.25, 0.3) is 0 Å². The van der Waals surface area contributed by atoms with E-state index < -0.39 is 32.7 Å². The molecule has 4 nitrogen and oxygen atoms in total. The van der Waals surface area contributed by atoms with Crippen LogP contribution in [0.1, 0.15) is 39.0 Å². The summed E-state index contributed by atoms with van der Waals surface area (Å²) in [7, 11) is -4.19. The molecule has 1 N–H and O–H groups in total. The fourth-order valence-electron chi connectivity index (χ4n) is 2.88. The first-order chi connectivity index (χ1) is 10.3. The number of halogens is 2. The van der Waals surface area contributed by atoms with Gasteiger partial charge in [0.1, 0.15) is 4.90 Å². The third-order valence-corrected chi connectivity index (χ3v) is 5.86. The zero-order valence-electron chi connectivity index (χ0n) is 12.5. The predicted octanol–water partition coefficient (Wildman–Crippen LogP) is 2.67. The van der Waals surface area contributed by atoms with Gasteiger partial charge in [0.25, 0.3) is 0 Å². The highest BCUT2D eigenvalue weighted by Crippen LogP contribution is 2.29. The van der Waals surface area contributed by atoms with E-state index in [0.29, 0.717) is 12.8 Å². The van der Waals surface area contributed by atoms with Gasteiger partial charge in [-0.15, -0.1) is 0 Å². The fourth-order valence-corrected chi connectivity index (χ4v) is 4.72. The molecular formula is C15H21F2NO3S. The van der Waals surface area contributed by atoms with Gasteiger partial charge in [0.2, 0.25) is 10.0 Å². The average Bonchev–Trinajstić information content (AvgIpc) is 2.48. The van der Waals surface area contributed by atoms with Crippen molar-refractivity contribution in [3.8, 4) is 0 Å². The van der Waals surface area contributed by atoms with E-state index in [0.717, 1.165) is 35.7 Å². The lowest BCUT2D eigenvalue weighted by molar-refractivity contribution is 0.136. The molecule has 22 heavy (non-hydrogen) atoms. The number of sulfonamides is 1. The topological polar surface area (TPSA) is 57.6 Å². The van der Waals surface area contributed by atoms with Crippen LogP contribution in [0.5, 0.6) is 0 Å². The van der Waals surface area contributed by atoms with E-state index in [1.165, 1.54) is 13.0 Å². The monoisotopic (exact) mass is 333 g/mol. The summed E-state index contributed by atoms with van der Waals surface area (Å²) in [4.78, 5) is -0.668. The minimum atomic E-state index is -4.19. The third kappa shape index (κ3) is 3.64. The van der Waals surface area contributed by atoms with Gasteiger partial charge < -0.3 is 5.11 Å². The van der Waals surface area contributed by atoms with Gasteiger partial charge in [0.15, 0.2) is 11.6 Å². The standard InChI is InChI=1S/C15H21F2NO3S/c1-11(19)10-18(12-6-3-2-4-7-12)22(20,21)14-9-5-8-13(16)15(14)17/h5,8-9,11-12,19H,2-4,6-7,10H2,1H3. The van der Waals surface area contributed by atoms with Crippen molar-refractivity contribution in [2.75, 3.05) is 6.54 Å². The van der Waals surface area contributed by atoms with Gasteiger partial charge in [-0.05, 0) is 31.9 Å². The van der Waals surface area contributed by atoms with E-state index >= 15 is 0 Å². The van der Waals surface area contributed by atoms with Gasteiger partial charge >= 0.3 is 0 Å². The molecule has 2 rings (SSSR count). The van der Waals surface area contributed by atoms with Crippen molar-refractivity contribution < 1.29 is 22.3 Å². The average molecular weight is 333 g/mol. The van der Waals surface area contributed by atoms with Crippen molar-refractivity contribution >= 4 is 10.0 Å². The van der Waals surface area contributed by atoms with Crippen LogP contribution in [0.3, 0.4) is 0 Å². The highest BCUT2D eigenvalue weighted by Gasteiger charge is 2.35. The van der Waals surface area contributed by atoms with E-state index in [1.54, 1.807) is 0 Å². The molecule has 0 spiro atoms. The molecule has 7 heteroatoms. The summed E-state index contributed by atoms with van der Waals surface area (Å²) in [5.41, 5.74) is 0. The minimum Gasteiger partial charge on any atom is -0.392 e. The van der Waals surface area contributed by atoms with Crippen LogP contribution in [0.4, 0.5) is 8.78 Å². The SMILES string of the molecule is CC(O)CN(C1CCCCC1)S(=O)(=O)c1cccc(F)c1F. The van der Waals surface area contributed by atoms with Gasteiger partial charge in [-0.25, -0.2) is 17.2 Å². The molecule has 1 unspecified atom stereocenters. The summed E-state index contributed by atoms with van der Waals surface area (Å²) in [6, 6.07) is 2.84. The smallest absolute Gasteiger partial charge is 0.246 e. The summed E-state index contributed by atoms with van der Waals surface area (Å²) in [5.74, 6) is -2.56. The number of hydrogen-bond donors (Lipinski definition) is 1. The summed E-state index contributed by atoms with van der Waals surface area (Å²) in [5, 5.41) is 9.61.